The van der Waals surface area contributed by atoms with Crippen molar-refractivity contribution in [3.63, 3.8) is 0 Å². The topological polar surface area (TPSA) is 86.0 Å². The number of nitrogens with zero attached hydrogens (tertiary/aromatic N) is 3. The maximum absolute atomic E-state index is 13.7. The van der Waals surface area contributed by atoms with Gasteiger partial charge in [-0.3, -0.25) is 14.3 Å². The van der Waals surface area contributed by atoms with Gasteiger partial charge in [0.15, 0.2) is 11.5 Å². The van der Waals surface area contributed by atoms with Crippen LogP contribution in [0.2, 0.25) is 0 Å². The second-order valence-electron chi connectivity index (χ2n) is 7.04. The standard InChI is InChI=1S/C23H25N3O5/c1-25(2)19(13-24)18-10-14-9-16(28-3)7-8-17(14)26(18)23(27)15-11-20(29-4)22(31-6)21(12-15)30-5/h7-12,19H,1-6H3. The third-order valence-electron chi connectivity index (χ3n) is 5.07. The first-order valence-corrected chi connectivity index (χ1v) is 9.50. The zero-order valence-electron chi connectivity index (χ0n) is 18.4. The smallest absolute Gasteiger partial charge is 0.262 e. The Kier molecular flexibility index (Phi) is 6.37. The summed E-state index contributed by atoms with van der Waals surface area (Å²) < 4.78 is 23.0. The van der Waals surface area contributed by atoms with Crippen molar-refractivity contribution in [2.45, 2.75) is 6.04 Å². The highest BCUT2D eigenvalue weighted by molar-refractivity contribution is 6.04. The van der Waals surface area contributed by atoms with Crippen LogP contribution in [0.3, 0.4) is 0 Å². The van der Waals surface area contributed by atoms with Gasteiger partial charge in [0, 0.05) is 10.9 Å². The molecular weight excluding hydrogens is 398 g/mol. The minimum atomic E-state index is -0.635. The number of benzene rings is 2. The zero-order chi connectivity index (χ0) is 22.7. The number of hydrogen-bond acceptors (Lipinski definition) is 7. The predicted octanol–water partition coefficient (Wildman–Crippen LogP) is 3.49. The summed E-state index contributed by atoms with van der Waals surface area (Å²) in [7, 11) is 9.65. The highest BCUT2D eigenvalue weighted by atomic mass is 16.5. The van der Waals surface area contributed by atoms with E-state index in [9.17, 15) is 10.1 Å². The summed E-state index contributed by atoms with van der Waals surface area (Å²) in [5.41, 5.74) is 1.55. The van der Waals surface area contributed by atoms with Crippen LogP contribution in [-0.4, -0.2) is 57.9 Å². The molecule has 0 bridgehead atoms. The first-order chi connectivity index (χ1) is 14.9. The van der Waals surface area contributed by atoms with Gasteiger partial charge >= 0.3 is 0 Å². The van der Waals surface area contributed by atoms with Crippen molar-refractivity contribution in [1.82, 2.24) is 9.47 Å². The molecule has 2 aromatic carbocycles. The van der Waals surface area contributed by atoms with E-state index in [0.717, 1.165) is 5.39 Å². The van der Waals surface area contributed by atoms with Gasteiger partial charge in [0.1, 0.15) is 11.8 Å². The van der Waals surface area contributed by atoms with Gasteiger partial charge in [-0.05, 0) is 50.5 Å². The molecule has 0 aliphatic rings. The third kappa shape index (κ3) is 3.88. The van der Waals surface area contributed by atoms with Gasteiger partial charge < -0.3 is 18.9 Å². The Morgan fingerprint density at radius 2 is 1.61 bits per heavy atom. The van der Waals surface area contributed by atoms with Crippen molar-refractivity contribution in [3.8, 4) is 29.1 Å². The first kappa shape index (κ1) is 22.0. The van der Waals surface area contributed by atoms with Crippen molar-refractivity contribution < 1.29 is 23.7 Å². The van der Waals surface area contributed by atoms with Crippen LogP contribution in [0.5, 0.6) is 23.0 Å². The van der Waals surface area contributed by atoms with E-state index in [1.54, 1.807) is 54.9 Å². The van der Waals surface area contributed by atoms with E-state index in [-0.39, 0.29) is 5.91 Å². The Morgan fingerprint density at radius 1 is 0.968 bits per heavy atom. The molecule has 0 radical (unpaired) electrons. The molecule has 31 heavy (non-hydrogen) atoms. The van der Waals surface area contributed by atoms with Crippen molar-refractivity contribution >= 4 is 16.8 Å². The zero-order valence-corrected chi connectivity index (χ0v) is 18.4. The molecular formula is C23H25N3O5. The van der Waals surface area contributed by atoms with Crippen LogP contribution in [0.15, 0.2) is 36.4 Å². The van der Waals surface area contributed by atoms with Gasteiger partial charge in [0.2, 0.25) is 5.75 Å². The van der Waals surface area contributed by atoms with Crippen molar-refractivity contribution in [2.75, 3.05) is 42.5 Å². The van der Waals surface area contributed by atoms with E-state index in [2.05, 4.69) is 6.07 Å². The summed E-state index contributed by atoms with van der Waals surface area (Å²) in [6.45, 7) is 0. The molecule has 0 N–H and O–H groups in total. The summed E-state index contributed by atoms with van der Waals surface area (Å²) in [5.74, 6) is 1.47. The highest BCUT2D eigenvalue weighted by Gasteiger charge is 2.26. The van der Waals surface area contributed by atoms with Crippen LogP contribution in [-0.2, 0) is 0 Å². The molecule has 0 saturated heterocycles. The fourth-order valence-electron chi connectivity index (χ4n) is 3.55. The Morgan fingerprint density at radius 3 is 2.10 bits per heavy atom. The lowest BCUT2D eigenvalue weighted by Crippen LogP contribution is -2.24. The summed E-state index contributed by atoms with van der Waals surface area (Å²) in [6, 6.07) is 12.1. The SMILES string of the molecule is COc1ccc2c(c1)cc(C(C#N)N(C)C)n2C(=O)c1cc(OC)c(OC)c(OC)c1. The lowest BCUT2D eigenvalue weighted by atomic mass is 10.1. The van der Waals surface area contributed by atoms with Gasteiger partial charge in [0.05, 0.1) is 45.7 Å². The van der Waals surface area contributed by atoms with Crippen molar-refractivity contribution in [2.24, 2.45) is 0 Å². The molecule has 0 amide bonds. The van der Waals surface area contributed by atoms with Crippen molar-refractivity contribution in [3.05, 3.63) is 47.7 Å². The van der Waals surface area contributed by atoms with Gasteiger partial charge in [0.25, 0.3) is 5.91 Å². The number of hydrogen-bond donors (Lipinski definition) is 0. The number of rotatable bonds is 7. The first-order valence-electron chi connectivity index (χ1n) is 9.50. The number of aromatic nitrogens is 1. The quantitative estimate of drug-likeness (QED) is 0.575. The molecule has 1 unspecified atom stereocenters. The molecule has 162 valence electrons. The summed E-state index contributed by atoms with van der Waals surface area (Å²) in [6.07, 6.45) is 0. The van der Waals surface area contributed by atoms with Crippen LogP contribution in [0, 0.1) is 11.3 Å². The molecule has 0 spiro atoms. The minimum Gasteiger partial charge on any atom is -0.497 e. The van der Waals surface area contributed by atoms with Crippen LogP contribution < -0.4 is 18.9 Å². The molecule has 1 heterocycles. The van der Waals surface area contributed by atoms with Gasteiger partial charge in [-0.15, -0.1) is 0 Å². The highest BCUT2D eigenvalue weighted by Crippen LogP contribution is 2.39. The number of carbonyl (C=O) groups is 1. The van der Waals surface area contributed by atoms with E-state index < -0.39 is 6.04 Å². The molecule has 0 aliphatic heterocycles. The average molecular weight is 423 g/mol. The average Bonchev–Trinajstić information content (AvgIpc) is 3.15. The Balaban J connectivity index is 2.28. The number of ether oxygens (including phenoxy) is 4. The number of nitriles is 1. The van der Waals surface area contributed by atoms with E-state index >= 15 is 0 Å². The second kappa shape index (κ2) is 8.98. The van der Waals surface area contributed by atoms with Crippen LogP contribution in [0.25, 0.3) is 10.9 Å². The fraction of sp³-hybridized carbons (Fsp3) is 0.304. The fourth-order valence-corrected chi connectivity index (χ4v) is 3.55. The lowest BCUT2D eigenvalue weighted by molar-refractivity contribution is 0.0958. The summed E-state index contributed by atoms with van der Waals surface area (Å²) in [4.78, 5) is 15.5. The summed E-state index contributed by atoms with van der Waals surface area (Å²) in [5, 5.41) is 10.6. The largest absolute Gasteiger partial charge is 0.497 e. The molecule has 3 rings (SSSR count). The van der Waals surface area contributed by atoms with Gasteiger partial charge in [-0.25, -0.2) is 0 Å². The van der Waals surface area contributed by atoms with Gasteiger partial charge in [-0.2, -0.15) is 5.26 Å². The second-order valence-corrected chi connectivity index (χ2v) is 7.04. The van der Waals surface area contributed by atoms with E-state index in [1.807, 2.05) is 12.1 Å². The molecule has 1 aromatic heterocycles. The summed E-state index contributed by atoms with van der Waals surface area (Å²) >= 11 is 0. The molecule has 3 aromatic rings. The maximum Gasteiger partial charge on any atom is 0.262 e. The molecule has 1 atom stereocenters. The Hall–Kier alpha value is -3.70. The van der Waals surface area contributed by atoms with E-state index in [4.69, 9.17) is 18.9 Å². The lowest BCUT2D eigenvalue weighted by Gasteiger charge is -2.20. The van der Waals surface area contributed by atoms with Crippen LogP contribution in [0.1, 0.15) is 22.1 Å². The molecule has 8 heteroatoms. The van der Waals surface area contributed by atoms with Gasteiger partial charge in [-0.1, -0.05) is 0 Å². The third-order valence-corrected chi connectivity index (χ3v) is 5.07. The van der Waals surface area contributed by atoms with Crippen LogP contribution in [0.4, 0.5) is 0 Å². The maximum atomic E-state index is 13.7. The van der Waals surface area contributed by atoms with Crippen molar-refractivity contribution in [1.29, 1.82) is 5.26 Å². The monoisotopic (exact) mass is 423 g/mol. The van der Waals surface area contributed by atoms with E-state index in [0.29, 0.717) is 39.8 Å². The van der Waals surface area contributed by atoms with E-state index in [1.165, 1.54) is 21.3 Å². The Labute approximate surface area is 181 Å². The minimum absolute atomic E-state index is 0.323. The Bertz CT molecular complexity index is 1130. The molecule has 0 saturated carbocycles. The number of carbonyl (C=O) groups excluding carboxylic acids is 1. The molecule has 0 aliphatic carbocycles. The predicted molar refractivity (Wildman–Crippen MR) is 116 cm³/mol. The normalized spacial score (nSPS) is 11.8. The van der Waals surface area contributed by atoms with Crippen LogP contribution >= 0.6 is 0 Å². The molecule has 0 fully saturated rings. The molecule has 8 nitrogen and oxygen atoms in total. The number of methoxy groups -OCH3 is 4. The number of fused-ring (bicyclic) bond motifs is 1.